The summed E-state index contributed by atoms with van der Waals surface area (Å²) >= 11 is 0. The second kappa shape index (κ2) is 10.2. The SMILES string of the molecule is CC(=O)O[C@H]1C[C@@]23COC(=O)/C=C(/C)C[C@@H]4O[C@@H](C)[C@H](/C=C\C=C/C(=O)O[C@@H]5C[C@@H](O[C@@H]2C=C1C)[C@@]1(CO1)[C@]53C)O4. The van der Waals surface area contributed by atoms with Crippen molar-refractivity contribution < 1.29 is 47.5 Å². The van der Waals surface area contributed by atoms with E-state index in [2.05, 4.69) is 0 Å². The molecule has 4 aliphatic heterocycles. The van der Waals surface area contributed by atoms with E-state index in [4.69, 9.17) is 33.2 Å². The molecule has 4 bridgehead atoms. The molecule has 0 unspecified atom stereocenters. The second-order valence-corrected chi connectivity index (χ2v) is 12.4. The fourth-order valence-corrected chi connectivity index (χ4v) is 7.64. The van der Waals surface area contributed by atoms with Gasteiger partial charge in [0.2, 0.25) is 0 Å². The molecule has 0 aromatic heterocycles. The molecule has 1 saturated carbocycles. The summed E-state index contributed by atoms with van der Waals surface area (Å²) in [7, 11) is 0. The highest BCUT2D eigenvalue weighted by molar-refractivity contribution is 5.83. The number of carbonyl (C=O) groups is 3. The summed E-state index contributed by atoms with van der Waals surface area (Å²) in [5.41, 5.74) is -0.803. The van der Waals surface area contributed by atoms with Crippen molar-refractivity contribution in [1.82, 2.24) is 0 Å². The Bertz CT molecular complexity index is 1240. The summed E-state index contributed by atoms with van der Waals surface area (Å²) in [6.45, 7) is 9.45. The largest absolute Gasteiger partial charge is 0.462 e. The Labute approximate surface area is 239 Å². The van der Waals surface area contributed by atoms with Crippen molar-refractivity contribution in [2.24, 2.45) is 10.8 Å². The normalized spacial score (nSPS) is 48.4. The zero-order valence-electron chi connectivity index (χ0n) is 24.1. The van der Waals surface area contributed by atoms with Gasteiger partial charge in [0.25, 0.3) is 0 Å². The maximum atomic E-state index is 13.2. The van der Waals surface area contributed by atoms with E-state index in [1.165, 1.54) is 19.1 Å². The summed E-state index contributed by atoms with van der Waals surface area (Å²) in [6, 6.07) is 0. The van der Waals surface area contributed by atoms with Gasteiger partial charge in [-0.15, -0.1) is 0 Å². The number of epoxide rings is 1. The Morgan fingerprint density at radius 3 is 2.56 bits per heavy atom. The van der Waals surface area contributed by atoms with Crippen LogP contribution in [-0.4, -0.2) is 79.6 Å². The molecule has 3 saturated heterocycles. The van der Waals surface area contributed by atoms with Gasteiger partial charge in [0.15, 0.2) is 6.29 Å². The molecule has 4 heterocycles. The molecule has 2 spiro atoms. The third kappa shape index (κ3) is 4.59. The molecule has 0 N–H and O–H groups in total. The average Bonchev–Trinajstić information content (AvgIpc) is 3.59. The zero-order valence-corrected chi connectivity index (χ0v) is 24.1. The lowest BCUT2D eigenvalue weighted by atomic mass is 9.51. The van der Waals surface area contributed by atoms with E-state index in [0.717, 1.165) is 11.1 Å². The number of cyclic esters (lactones) is 1. The van der Waals surface area contributed by atoms with E-state index in [1.54, 1.807) is 12.2 Å². The Morgan fingerprint density at radius 2 is 1.83 bits per heavy atom. The van der Waals surface area contributed by atoms with Crippen LogP contribution in [0.2, 0.25) is 0 Å². The maximum Gasteiger partial charge on any atom is 0.331 e. The first-order valence-corrected chi connectivity index (χ1v) is 14.3. The Kier molecular flexibility index (Phi) is 7.04. The minimum atomic E-state index is -0.909. The molecule has 0 aromatic rings. The molecular formula is C31H38O10. The highest BCUT2D eigenvalue weighted by atomic mass is 16.7. The van der Waals surface area contributed by atoms with E-state index in [-0.39, 0.29) is 24.9 Å². The molecule has 10 atom stereocenters. The second-order valence-electron chi connectivity index (χ2n) is 12.4. The highest BCUT2D eigenvalue weighted by Gasteiger charge is 2.83. The van der Waals surface area contributed by atoms with Crippen molar-refractivity contribution in [3.8, 4) is 0 Å². The first-order chi connectivity index (χ1) is 19.5. The third-order valence-electron chi connectivity index (χ3n) is 9.96. The number of ether oxygens (including phenoxy) is 7. The molecule has 10 heteroatoms. The lowest BCUT2D eigenvalue weighted by Gasteiger charge is -2.59. The predicted molar refractivity (Wildman–Crippen MR) is 143 cm³/mol. The molecule has 2 aliphatic carbocycles. The molecular weight excluding hydrogens is 532 g/mol. The van der Waals surface area contributed by atoms with Gasteiger partial charge in [-0.25, -0.2) is 9.59 Å². The van der Waals surface area contributed by atoms with E-state index in [9.17, 15) is 14.4 Å². The van der Waals surface area contributed by atoms with Crippen molar-refractivity contribution in [1.29, 1.82) is 0 Å². The molecule has 4 fully saturated rings. The smallest absolute Gasteiger partial charge is 0.331 e. The summed E-state index contributed by atoms with van der Waals surface area (Å²) in [4.78, 5) is 38.4. The molecule has 222 valence electrons. The van der Waals surface area contributed by atoms with Gasteiger partial charge in [0.1, 0.15) is 30.5 Å². The number of hydrogen-bond donors (Lipinski definition) is 0. The van der Waals surface area contributed by atoms with Crippen LogP contribution >= 0.6 is 0 Å². The predicted octanol–water partition coefficient (Wildman–Crippen LogP) is 3.25. The Morgan fingerprint density at radius 1 is 1.05 bits per heavy atom. The number of allylic oxidation sites excluding steroid dienone is 2. The fraction of sp³-hybridized carbons (Fsp3) is 0.645. The minimum absolute atomic E-state index is 0.0433. The van der Waals surface area contributed by atoms with Gasteiger partial charge in [0.05, 0.1) is 35.7 Å². The van der Waals surface area contributed by atoms with Crippen LogP contribution in [0.25, 0.3) is 0 Å². The first-order valence-electron chi connectivity index (χ1n) is 14.3. The van der Waals surface area contributed by atoms with Gasteiger partial charge >= 0.3 is 17.9 Å². The molecule has 10 nitrogen and oxygen atoms in total. The maximum absolute atomic E-state index is 13.2. The zero-order chi connectivity index (χ0) is 29.2. The number of rotatable bonds is 1. The topological polar surface area (TPSA) is 119 Å². The van der Waals surface area contributed by atoms with E-state index < -0.39 is 58.9 Å². The Hall–Kier alpha value is -2.79. The van der Waals surface area contributed by atoms with Crippen LogP contribution in [0.5, 0.6) is 0 Å². The number of hydrogen-bond acceptors (Lipinski definition) is 10. The van der Waals surface area contributed by atoms with E-state index in [0.29, 0.717) is 25.9 Å². The molecule has 0 aromatic carbocycles. The van der Waals surface area contributed by atoms with Crippen LogP contribution in [0.15, 0.2) is 47.6 Å². The minimum Gasteiger partial charge on any atom is -0.462 e. The number of esters is 3. The molecule has 0 amide bonds. The van der Waals surface area contributed by atoms with Gasteiger partial charge in [-0.2, -0.15) is 0 Å². The van der Waals surface area contributed by atoms with Gasteiger partial charge < -0.3 is 33.2 Å². The van der Waals surface area contributed by atoms with Gasteiger partial charge in [-0.3, -0.25) is 4.79 Å². The summed E-state index contributed by atoms with van der Waals surface area (Å²) in [6.07, 6.45) is 8.26. The fourth-order valence-electron chi connectivity index (χ4n) is 7.64. The lowest BCUT2D eigenvalue weighted by Crippen LogP contribution is -2.68. The van der Waals surface area contributed by atoms with Crippen molar-refractivity contribution in [2.45, 2.75) is 102 Å². The number of carbonyl (C=O) groups excluding carboxylic acids is 3. The summed E-state index contributed by atoms with van der Waals surface area (Å²) < 4.78 is 42.6. The Balaban J connectivity index is 1.40. The average molecular weight is 571 g/mol. The van der Waals surface area contributed by atoms with Crippen molar-refractivity contribution in [3.63, 3.8) is 0 Å². The van der Waals surface area contributed by atoms with Crippen LogP contribution in [0.1, 0.15) is 53.9 Å². The van der Waals surface area contributed by atoms with Crippen LogP contribution in [0, 0.1) is 10.8 Å². The van der Waals surface area contributed by atoms with Gasteiger partial charge in [-0.1, -0.05) is 36.8 Å². The van der Waals surface area contributed by atoms with E-state index in [1.807, 2.05) is 39.8 Å². The summed E-state index contributed by atoms with van der Waals surface area (Å²) in [5.74, 6) is -1.42. The highest BCUT2D eigenvalue weighted by Crippen LogP contribution is 2.72. The van der Waals surface area contributed by atoms with Crippen LogP contribution < -0.4 is 0 Å². The molecule has 0 radical (unpaired) electrons. The van der Waals surface area contributed by atoms with Gasteiger partial charge in [0, 0.05) is 38.3 Å². The summed E-state index contributed by atoms with van der Waals surface area (Å²) in [5, 5.41) is 0. The standard InChI is InChI=1S/C31H38O10/c1-17-10-27(34)35-15-30-14-22(38-20(4)32)18(2)12-24(30)40-25-13-23(29(30,5)31(25)16-36-31)41-26(33)9-7-6-8-21-19(3)37-28(11-17)39-21/h6-10,12,19,21-25,28H,11,13-16H2,1-5H3/b8-6-,9-7-,17-10-/t19-,21-,22-,23+,24+,25+,28+,29+,30+,31-/m0/s1. The monoisotopic (exact) mass is 570 g/mol. The van der Waals surface area contributed by atoms with Crippen molar-refractivity contribution in [3.05, 3.63) is 47.6 Å². The molecule has 6 rings (SSSR count). The first kappa shape index (κ1) is 28.3. The van der Waals surface area contributed by atoms with Gasteiger partial charge in [-0.05, 0) is 26.3 Å². The number of fused-ring (bicyclic) bond motifs is 2. The molecule has 41 heavy (non-hydrogen) atoms. The lowest BCUT2D eigenvalue weighted by molar-refractivity contribution is -0.239. The third-order valence-corrected chi connectivity index (χ3v) is 9.96. The molecule has 6 aliphatic rings. The van der Waals surface area contributed by atoms with Crippen LogP contribution in [-0.2, 0) is 47.5 Å². The van der Waals surface area contributed by atoms with Crippen LogP contribution in [0.3, 0.4) is 0 Å². The van der Waals surface area contributed by atoms with Crippen molar-refractivity contribution in [2.75, 3.05) is 13.2 Å². The van der Waals surface area contributed by atoms with Crippen LogP contribution in [0.4, 0.5) is 0 Å². The van der Waals surface area contributed by atoms with E-state index >= 15 is 0 Å². The van der Waals surface area contributed by atoms with Crippen molar-refractivity contribution >= 4 is 17.9 Å². The quantitative estimate of drug-likeness (QED) is 0.201.